The standard InChI is InChI=1S/C23H25ClO5/c1-12(2)23-19(26)11-15-6-8-18(13(3)22(15,4)21(23)29-23)28-20(27)10-14-5-7-17(25)16(24)9-14/h5,7,9,11,13,18,21,25H,1,6,8,10H2,2-4H3/t13-,18+,21+,22+,23-/m0/s1. The van der Waals surface area contributed by atoms with Gasteiger partial charge in [-0.15, -0.1) is 0 Å². The van der Waals surface area contributed by atoms with Crippen molar-refractivity contribution in [2.45, 2.75) is 57.8 Å². The predicted octanol–water partition coefficient (Wildman–Crippen LogP) is 4.16. The van der Waals surface area contributed by atoms with E-state index in [9.17, 15) is 14.7 Å². The number of fused-ring (bicyclic) bond motifs is 3. The predicted molar refractivity (Wildman–Crippen MR) is 109 cm³/mol. The van der Waals surface area contributed by atoms with E-state index in [0.29, 0.717) is 18.4 Å². The molecule has 5 atom stereocenters. The van der Waals surface area contributed by atoms with Gasteiger partial charge >= 0.3 is 5.97 Å². The van der Waals surface area contributed by atoms with Gasteiger partial charge in [0, 0.05) is 11.3 Å². The van der Waals surface area contributed by atoms with Gasteiger partial charge in [0.1, 0.15) is 18.0 Å². The average molecular weight is 417 g/mol. The Morgan fingerprint density at radius 1 is 1.45 bits per heavy atom. The second kappa shape index (κ2) is 6.71. The topological polar surface area (TPSA) is 76.1 Å². The quantitative estimate of drug-likeness (QED) is 0.453. The molecule has 3 aliphatic rings. The lowest BCUT2D eigenvalue weighted by Crippen LogP contribution is -2.51. The van der Waals surface area contributed by atoms with Crippen molar-refractivity contribution in [3.63, 3.8) is 0 Å². The van der Waals surface area contributed by atoms with E-state index in [1.54, 1.807) is 18.2 Å². The number of carbonyl (C=O) groups is 2. The third-order valence-electron chi connectivity index (χ3n) is 7.00. The number of ether oxygens (including phenoxy) is 2. The fraction of sp³-hybridized carbons (Fsp3) is 0.478. The molecule has 1 heterocycles. The summed E-state index contributed by atoms with van der Waals surface area (Å²) in [5, 5.41) is 9.73. The second-order valence-electron chi connectivity index (χ2n) is 8.65. The smallest absolute Gasteiger partial charge is 0.310 e. The minimum atomic E-state index is -0.915. The maximum absolute atomic E-state index is 12.6. The molecular formula is C23H25ClO5. The number of phenols is 1. The molecular weight excluding hydrogens is 392 g/mol. The first-order valence-electron chi connectivity index (χ1n) is 9.87. The number of rotatable bonds is 4. The Hall–Kier alpha value is -2.11. The molecule has 0 amide bonds. The zero-order valence-electron chi connectivity index (χ0n) is 16.8. The monoisotopic (exact) mass is 416 g/mol. The van der Waals surface area contributed by atoms with Crippen LogP contribution < -0.4 is 0 Å². The summed E-state index contributed by atoms with van der Waals surface area (Å²) in [6.45, 7) is 9.96. The van der Waals surface area contributed by atoms with Gasteiger partial charge < -0.3 is 14.6 Å². The number of carbonyl (C=O) groups excluding carboxylic acids is 2. The van der Waals surface area contributed by atoms with E-state index in [-0.39, 0.29) is 52.5 Å². The highest BCUT2D eigenvalue weighted by molar-refractivity contribution is 6.32. The number of esters is 1. The second-order valence-corrected chi connectivity index (χ2v) is 9.06. The molecule has 0 radical (unpaired) electrons. The molecule has 29 heavy (non-hydrogen) atoms. The van der Waals surface area contributed by atoms with E-state index in [1.165, 1.54) is 6.07 Å². The molecule has 0 spiro atoms. The molecule has 0 unspecified atom stereocenters. The fourth-order valence-corrected chi connectivity index (χ4v) is 5.22. The third-order valence-corrected chi connectivity index (χ3v) is 7.31. The molecule has 154 valence electrons. The summed E-state index contributed by atoms with van der Waals surface area (Å²) in [4.78, 5) is 25.2. The SMILES string of the molecule is C=C(C)[C@@]12O[C@@H]1[C@@]1(C)C(=CC2=O)CC[C@@H](OC(=O)Cc2ccc(O)c(Cl)c2)[C@@H]1C. The highest BCUT2D eigenvalue weighted by atomic mass is 35.5. The van der Waals surface area contributed by atoms with Crippen LogP contribution >= 0.6 is 11.6 Å². The van der Waals surface area contributed by atoms with E-state index in [1.807, 2.05) is 6.92 Å². The Labute approximate surface area is 175 Å². The van der Waals surface area contributed by atoms with Crippen LogP contribution in [0, 0.1) is 11.3 Å². The lowest BCUT2D eigenvalue weighted by Gasteiger charge is -2.47. The number of ketones is 1. The van der Waals surface area contributed by atoms with Crippen LogP contribution in [-0.4, -0.2) is 34.7 Å². The molecule has 1 aliphatic heterocycles. The number of halogens is 1. The molecule has 0 bridgehead atoms. The van der Waals surface area contributed by atoms with E-state index >= 15 is 0 Å². The molecule has 1 N–H and O–H groups in total. The first-order valence-corrected chi connectivity index (χ1v) is 10.2. The maximum atomic E-state index is 12.6. The van der Waals surface area contributed by atoms with Gasteiger partial charge in [-0.2, -0.15) is 0 Å². The fourth-order valence-electron chi connectivity index (χ4n) is 5.01. The Morgan fingerprint density at radius 3 is 2.83 bits per heavy atom. The van der Waals surface area contributed by atoms with Crippen molar-refractivity contribution in [1.29, 1.82) is 0 Å². The number of hydrogen-bond acceptors (Lipinski definition) is 5. The number of hydrogen-bond donors (Lipinski definition) is 1. The van der Waals surface area contributed by atoms with Gasteiger partial charge in [0.25, 0.3) is 0 Å². The minimum absolute atomic E-state index is 0.00539. The van der Waals surface area contributed by atoms with Gasteiger partial charge in [-0.1, -0.05) is 43.7 Å². The molecule has 1 aromatic rings. The van der Waals surface area contributed by atoms with Crippen molar-refractivity contribution < 1.29 is 24.2 Å². The molecule has 2 fully saturated rings. The van der Waals surface area contributed by atoms with Crippen molar-refractivity contribution >= 4 is 23.4 Å². The van der Waals surface area contributed by atoms with E-state index in [4.69, 9.17) is 21.1 Å². The summed E-state index contributed by atoms with van der Waals surface area (Å²) in [5.74, 6) is -0.382. The molecule has 0 aromatic heterocycles. The van der Waals surface area contributed by atoms with Crippen molar-refractivity contribution in [2.75, 3.05) is 0 Å². The largest absolute Gasteiger partial charge is 0.506 e. The van der Waals surface area contributed by atoms with E-state index in [2.05, 4.69) is 20.4 Å². The van der Waals surface area contributed by atoms with Crippen molar-refractivity contribution in [1.82, 2.24) is 0 Å². The van der Waals surface area contributed by atoms with Gasteiger partial charge in [0.05, 0.1) is 11.4 Å². The van der Waals surface area contributed by atoms with Crippen LogP contribution in [0.1, 0.15) is 39.2 Å². The zero-order chi connectivity index (χ0) is 21.1. The number of phenolic OH excluding ortho intramolecular Hbond substituents is 1. The maximum Gasteiger partial charge on any atom is 0.310 e. The van der Waals surface area contributed by atoms with Crippen LogP contribution in [0.4, 0.5) is 0 Å². The summed E-state index contributed by atoms with van der Waals surface area (Å²) in [6, 6.07) is 4.69. The Bertz CT molecular complexity index is 951. The van der Waals surface area contributed by atoms with Gasteiger partial charge in [0.15, 0.2) is 11.4 Å². The van der Waals surface area contributed by atoms with Gasteiger partial charge in [-0.05, 0) is 49.1 Å². The first kappa shape index (κ1) is 20.2. The first-order chi connectivity index (χ1) is 13.6. The van der Waals surface area contributed by atoms with Crippen molar-refractivity contribution in [3.8, 4) is 5.75 Å². The lowest BCUT2D eigenvalue weighted by molar-refractivity contribution is -0.155. The molecule has 2 aliphatic carbocycles. The molecule has 1 saturated heterocycles. The van der Waals surface area contributed by atoms with Crippen molar-refractivity contribution in [2.24, 2.45) is 11.3 Å². The van der Waals surface area contributed by atoms with Crippen LogP contribution in [-0.2, 0) is 25.5 Å². The highest BCUT2D eigenvalue weighted by Crippen LogP contribution is 2.63. The number of benzene rings is 1. The summed E-state index contributed by atoms with van der Waals surface area (Å²) in [7, 11) is 0. The van der Waals surface area contributed by atoms with Gasteiger partial charge in [-0.3, -0.25) is 9.59 Å². The van der Waals surface area contributed by atoms with Crippen LogP contribution in [0.15, 0.2) is 42.0 Å². The minimum Gasteiger partial charge on any atom is -0.506 e. The molecule has 4 rings (SSSR count). The van der Waals surface area contributed by atoms with Gasteiger partial charge in [-0.25, -0.2) is 0 Å². The molecule has 1 saturated carbocycles. The summed E-state index contributed by atoms with van der Waals surface area (Å²) in [5.41, 5.74) is 1.19. The van der Waals surface area contributed by atoms with Gasteiger partial charge in [0.2, 0.25) is 0 Å². The summed E-state index contributed by atoms with van der Waals surface area (Å²) >= 11 is 5.92. The lowest BCUT2D eigenvalue weighted by atomic mass is 9.57. The molecule has 5 nitrogen and oxygen atoms in total. The number of epoxide rings is 1. The van der Waals surface area contributed by atoms with E-state index in [0.717, 1.165) is 11.1 Å². The molecule has 1 aromatic carbocycles. The van der Waals surface area contributed by atoms with Crippen LogP contribution in [0.3, 0.4) is 0 Å². The zero-order valence-corrected chi connectivity index (χ0v) is 17.6. The van der Waals surface area contributed by atoms with Crippen LogP contribution in [0.5, 0.6) is 5.75 Å². The highest BCUT2D eigenvalue weighted by Gasteiger charge is 2.73. The van der Waals surface area contributed by atoms with Crippen molar-refractivity contribution in [3.05, 3.63) is 52.6 Å². The Balaban J connectivity index is 1.51. The summed E-state index contributed by atoms with van der Waals surface area (Å²) < 4.78 is 11.8. The van der Waals surface area contributed by atoms with Crippen LogP contribution in [0.25, 0.3) is 0 Å². The third kappa shape index (κ3) is 2.94. The molecule has 6 heteroatoms. The average Bonchev–Trinajstić information content (AvgIpc) is 3.42. The number of aromatic hydroxyl groups is 1. The van der Waals surface area contributed by atoms with E-state index < -0.39 is 5.60 Å². The Morgan fingerprint density at radius 2 is 2.17 bits per heavy atom. The normalized spacial score (nSPS) is 35.2. The Kier molecular flexibility index (Phi) is 4.67. The summed E-state index contributed by atoms with van der Waals surface area (Å²) in [6.07, 6.45) is 2.65. The van der Waals surface area contributed by atoms with Crippen LogP contribution in [0.2, 0.25) is 5.02 Å².